The van der Waals surface area contributed by atoms with Gasteiger partial charge < -0.3 is 20.9 Å². The molecule has 4 rings (SSSR count). The summed E-state index contributed by atoms with van der Waals surface area (Å²) in [6.45, 7) is 2.21. The number of rotatable bonds is 5. The molecule has 9 nitrogen and oxygen atoms in total. The summed E-state index contributed by atoms with van der Waals surface area (Å²) >= 11 is 6.26. The Labute approximate surface area is 205 Å². The Balaban J connectivity index is 0.00000324. The van der Waals surface area contributed by atoms with E-state index in [1.54, 1.807) is 30.3 Å². The molecular formula is C23H20Cl2N6O3. The number of nitrogens with one attached hydrogen (secondary N) is 2. The van der Waals surface area contributed by atoms with Crippen molar-refractivity contribution in [2.75, 3.05) is 22.5 Å². The predicted molar refractivity (Wildman–Crippen MR) is 135 cm³/mol. The molecule has 4 N–H and O–H groups in total. The molecule has 0 aliphatic rings. The predicted octanol–water partition coefficient (Wildman–Crippen LogP) is 3.89. The number of carbonyl (C=O) groups is 2. The first-order valence-electron chi connectivity index (χ1n) is 9.99. The average molecular weight is 499 g/mol. The number of nitrogens with two attached hydrogens (primary N) is 1. The number of benzene rings is 2. The Bertz CT molecular complexity index is 1440. The molecule has 0 fully saturated rings. The number of halogens is 2. The maximum Gasteiger partial charge on any atom is 0.262 e. The van der Waals surface area contributed by atoms with Gasteiger partial charge >= 0.3 is 0 Å². The van der Waals surface area contributed by atoms with Crippen LogP contribution >= 0.6 is 24.0 Å². The standard InChI is InChI=1S/C23H19ClN6O3.ClH/c1-2-30(19-6-4-3-5-17(19)25)23(33)13-7-8-16(24)18(10-13)28-21(31)15-9-14-11-26-12-27-20(14)29-22(15)32;/h3-12H,2,25H2,1H3,(H,28,31)(H,26,27,29,32);1H. The van der Waals surface area contributed by atoms with E-state index >= 15 is 0 Å². The first-order valence-corrected chi connectivity index (χ1v) is 10.4. The third-order valence-corrected chi connectivity index (χ3v) is 5.34. The summed E-state index contributed by atoms with van der Waals surface area (Å²) < 4.78 is 0. The van der Waals surface area contributed by atoms with Gasteiger partial charge in [-0.2, -0.15) is 0 Å². The number of anilines is 3. The van der Waals surface area contributed by atoms with Crippen LogP contribution in [0.4, 0.5) is 17.1 Å². The highest BCUT2D eigenvalue weighted by Gasteiger charge is 2.20. The zero-order chi connectivity index (χ0) is 23.5. The van der Waals surface area contributed by atoms with E-state index in [0.29, 0.717) is 34.5 Å². The second-order valence-electron chi connectivity index (χ2n) is 7.10. The molecule has 4 aromatic rings. The number of fused-ring (bicyclic) bond motifs is 1. The molecule has 34 heavy (non-hydrogen) atoms. The van der Waals surface area contributed by atoms with E-state index in [1.807, 2.05) is 6.92 Å². The molecule has 11 heteroatoms. The van der Waals surface area contributed by atoms with E-state index in [0.717, 1.165) is 0 Å². The summed E-state index contributed by atoms with van der Waals surface area (Å²) in [6, 6.07) is 13.0. The number of amides is 2. The van der Waals surface area contributed by atoms with Crippen molar-refractivity contribution in [3.63, 3.8) is 0 Å². The summed E-state index contributed by atoms with van der Waals surface area (Å²) in [7, 11) is 0. The second-order valence-corrected chi connectivity index (χ2v) is 7.50. The van der Waals surface area contributed by atoms with Crippen LogP contribution in [-0.2, 0) is 0 Å². The molecule has 0 radical (unpaired) electrons. The van der Waals surface area contributed by atoms with Crippen LogP contribution < -0.4 is 21.5 Å². The van der Waals surface area contributed by atoms with Gasteiger partial charge in [0.15, 0.2) is 0 Å². The Morgan fingerprint density at radius 2 is 1.94 bits per heavy atom. The van der Waals surface area contributed by atoms with Crippen LogP contribution in [0.5, 0.6) is 0 Å². The quantitative estimate of drug-likeness (QED) is 0.357. The number of hydrogen-bond donors (Lipinski definition) is 3. The normalized spacial score (nSPS) is 10.4. The van der Waals surface area contributed by atoms with Crippen molar-refractivity contribution in [3.8, 4) is 0 Å². The number of nitrogen functional groups attached to an aromatic ring is 1. The van der Waals surface area contributed by atoms with Crippen LogP contribution in [0.25, 0.3) is 11.0 Å². The highest BCUT2D eigenvalue weighted by molar-refractivity contribution is 6.34. The number of para-hydroxylation sites is 2. The number of carbonyl (C=O) groups excluding carboxylic acids is 2. The van der Waals surface area contributed by atoms with Crippen molar-refractivity contribution in [2.24, 2.45) is 0 Å². The first-order chi connectivity index (χ1) is 15.9. The summed E-state index contributed by atoms with van der Waals surface area (Å²) in [6.07, 6.45) is 2.78. The highest BCUT2D eigenvalue weighted by Crippen LogP contribution is 2.28. The number of hydrogen-bond acceptors (Lipinski definition) is 6. The molecule has 0 aliphatic heterocycles. The van der Waals surface area contributed by atoms with Crippen molar-refractivity contribution in [1.82, 2.24) is 15.0 Å². The summed E-state index contributed by atoms with van der Waals surface area (Å²) in [5, 5.41) is 3.32. The van der Waals surface area contributed by atoms with Crippen molar-refractivity contribution in [3.05, 3.63) is 87.6 Å². The minimum Gasteiger partial charge on any atom is -0.397 e. The molecule has 0 saturated heterocycles. The molecule has 0 spiro atoms. The lowest BCUT2D eigenvalue weighted by atomic mass is 10.1. The van der Waals surface area contributed by atoms with Gasteiger partial charge in [-0.05, 0) is 43.3 Å². The third kappa shape index (κ3) is 4.85. The average Bonchev–Trinajstić information content (AvgIpc) is 2.81. The Kier molecular flexibility index (Phi) is 7.50. The second kappa shape index (κ2) is 10.3. The Morgan fingerprint density at radius 1 is 1.18 bits per heavy atom. The Morgan fingerprint density at radius 3 is 2.68 bits per heavy atom. The zero-order valence-electron chi connectivity index (χ0n) is 17.9. The minimum atomic E-state index is -0.687. The lowest BCUT2D eigenvalue weighted by Crippen LogP contribution is -2.31. The maximum absolute atomic E-state index is 13.2. The molecular weight excluding hydrogens is 479 g/mol. The topological polar surface area (TPSA) is 134 Å². The minimum absolute atomic E-state index is 0. The van der Waals surface area contributed by atoms with E-state index in [1.165, 1.54) is 35.6 Å². The van der Waals surface area contributed by atoms with Gasteiger partial charge in [-0.1, -0.05) is 23.7 Å². The fraction of sp³-hybridized carbons (Fsp3) is 0.0870. The molecule has 0 saturated carbocycles. The fourth-order valence-corrected chi connectivity index (χ4v) is 3.54. The van der Waals surface area contributed by atoms with Gasteiger partial charge in [-0.25, -0.2) is 9.97 Å². The molecule has 2 heterocycles. The number of nitrogens with zero attached hydrogens (tertiary/aromatic N) is 3. The molecule has 0 bridgehead atoms. The van der Waals surface area contributed by atoms with Crippen LogP contribution in [0, 0.1) is 0 Å². The van der Waals surface area contributed by atoms with Crippen LogP contribution in [0.15, 0.2) is 65.8 Å². The van der Waals surface area contributed by atoms with Crippen LogP contribution in [0.2, 0.25) is 5.02 Å². The van der Waals surface area contributed by atoms with Crippen molar-refractivity contribution >= 4 is 63.9 Å². The highest BCUT2D eigenvalue weighted by atomic mass is 35.5. The van der Waals surface area contributed by atoms with Crippen molar-refractivity contribution in [2.45, 2.75) is 6.92 Å². The summed E-state index contributed by atoms with van der Waals surface area (Å²) in [5.74, 6) is -1.00. The number of H-pyrrole nitrogens is 1. The van der Waals surface area contributed by atoms with E-state index in [4.69, 9.17) is 17.3 Å². The number of pyridine rings is 1. The van der Waals surface area contributed by atoms with Crippen molar-refractivity contribution < 1.29 is 9.59 Å². The maximum atomic E-state index is 13.2. The summed E-state index contributed by atoms with van der Waals surface area (Å²) in [5.41, 5.74) is 7.13. The van der Waals surface area contributed by atoms with Crippen LogP contribution in [0.3, 0.4) is 0 Å². The van der Waals surface area contributed by atoms with Gasteiger partial charge in [0, 0.05) is 23.7 Å². The molecule has 174 valence electrons. The SMILES string of the molecule is CCN(C(=O)c1ccc(Cl)c(NC(=O)c2cc3cncnc3[nH]c2=O)c1)c1ccccc1N.Cl. The van der Waals surface area contributed by atoms with Crippen LogP contribution in [0.1, 0.15) is 27.6 Å². The third-order valence-electron chi connectivity index (χ3n) is 5.01. The van der Waals surface area contributed by atoms with E-state index < -0.39 is 11.5 Å². The fourth-order valence-electron chi connectivity index (χ4n) is 3.37. The van der Waals surface area contributed by atoms with Gasteiger partial charge in [-0.15, -0.1) is 12.4 Å². The van der Waals surface area contributed by atoms with Crippen molar-refractivity contribution in [1.29, 1.82) is 0 Å². The summed E-state index contributed by atoms with van der Waals surface area (Å²) in [4.78, 5) is 50.3. The van der Waals surface area contributed by atoms with Gasteiger partial charge in [0.25, 0.3) is 17.4 Å². The number of aromatic amines is 1. The largest absolute Gasteiger partial charge is 0.397 e. The molecule has 2 aromatic carbocycles. The van der Waals surface area contributed by atoms with E-state index in [2.05, 4.69) is 20.3 Å². The van der Waals surface area contributed by atoms with Gasteiger partial charge in [0.05, 0.1) is 22.1 Å². The monoisotopic (exact) mass is 498 g/mol. The van der Waals surface area contributed by atoms with E-state index in [9.17, 15) is 14.4 Å². The Hall–Kier alpha value is -3.95. The molecule has 0 aliphatic carbocycles. The molecule has 0 unspecified atom stereocenters. The van der Waals surface area contributed by atoms with E-state index in [-0.39, 0.29) is 34.6 Å². The molecule has 2 aromatic heterocycles. The lowest BCUT2D eigenvalue weighted by molar-refractivity contribution is 0.0985. The lowest BCUT2D eigenvalue weighted by Gasteiger charge is -2.23. The smallest absolute Gasteiger partial charge is 0.262 e. The van der Waals surface area contributed by atoms with Gasteiger partial charge in [-0.3, -0.25) is 14.4 Å². The number of aromatic nitrogens is 3. The van der Waals surface area contributed by atoms with Gasteiger partial charge in [0.2, 0.25) is 0 Å². The van der Waals surface area contributed by atoms with Gasteiger partial charge in [0.1, 0.15) is 17.5 Å². The zero-order valence-corrected chi connectivity index (χ0v) is 19.5. The molecule has 2 amide bonds. The first kappa shape index (κ1) is 24.7. The molecule has 0 atom stereocenters. The van der Waals surface area contributed by atoms with Crippen LogP contribution in [-0.4, -0.2) is 33.3 Å².